The van der Waals surface area contributed by atoms with Gasteiger partial charge in [0, 0.05) is 38.5 Å². The molecule has 0 bridgehead atoms. The van der Waals surface area contributed by atoms with Gasteiger partial charge in [-0.15, -0.1) is 0 Å². The highest BCUT2D eigenvalue weighted by Crippen LogP contribution is 2.35. The highest BCUT2D eigenvalue weighted by atomic mass is 16.5. The van der Waals surface area contributed by atoms with Crippen LogP contribution in [-0.2, 0) is 28.7 Å². The first-order chi connectivity index (χ1) is 14.7. The van der Waals surface area contributed by atoms with Crippen molar-refractivity contribution in [2.24, 2.45) is 11.8 Å². The molecule has 0 saturated heterocycles. The van der Waals surface area contributed by atoms with Crippen molar-refractivity contribution in [3.63, 3.8) is 0 Å². The maximum absolute atomic E-state index is 12.6. The quantitative estimate of drug-likeness (QED) is 0.244. The Morgan fingerprint density at radius 3 is 2.48 bits per heavy atom. The number of Topliss-reactive ketones (excluding diaryl/α,β-unsaturated/α-hetero) is 1. The van der Waals surface area contributed by atoms with Gasteiger partial charge in [-0.1, -0.05) is 38.0 Å². The third-order valence-electron chi connectivity index (χ3n) is 5.30. The molecule has 1 aliphatic carbocycles. The number of aliphatic carboxylic acids is 1. The van der Waals surface area contributed by atoms with Crippen LogP contribution in [0, 0.1) is 11.8 Å². The van der Waals surface area contributed by atoms with Crippen molar-refractivity contribution in [2.75, 3.05) is 0 Å². The molecule has 0 aromatic heterocycles. The summed E-state index contributed by atoms with van der Waals surface area (Å²) in [5, 5.41) is 8.69. The summed E-state index contributed by atoms with van der Waals surface area (Å²) in [6.07, 6.45) is 12.3. The van der Waals surface area contributed by atoms with Gasteiger partial charge in [0.25, 0.3) is 0 Å². The minimum absolute atomic E-state index is 0.0334. The van der Waals surface area contributed by atoms with Crippen LogP contribution in [0.5, 0.6) is 0 Å². The summed E-state index contributed by atoms with van der Waals surface area (Å²) in [6, 6.07) is 0. The molecule has 0 aromatic rings. The van der Waals surface area contributed by atoms with Crippen molar-refractivity contribution >= 4 is 23.7 Å². The molecular formula is C24H36O7. The van der Waals surface area contributed by atoms with Crippen molar-refractivity contribution in [1.29, 1.82) is 0 Å². The fourth-order valence-electron chi connectivity index (χ4n) is 3.83. The molecule has 31 heavy (non-hydrogen) atoms. The molecule has 1 fully saturated rings. The number of rotatable bonds is 14. The van der Waals surface area contributed by atoms with Crippen LogP contribution >= 0.6 is 0 Å². The Hall–Kier alpha value is -2.44. The molecule has 0 spiro atoms. The Bertz CT molecular complexity index is 665. The normalized spacial score (nSPS) is 22.2. The van der Waals surface area contributed by atoms with Crippen molar-refractivity contribution < 1.29 is 33.8 Å². The molecule has 7 nitrogen and oxygen atoms in total. The van der Waals surface area contributed by atoms with Gasteiger partial charge in [0.15, 0.2) is 0 Å². The monoisotopic (exact) mass is 436 g/mol. The second kappa shape index (κ2) is 14.5. The average molecular weight is 437 g/mol. The number of hydrogen-bond acceptors (Lipinski definition) is 6. The van der Waals surface area contributed by atoms with Gasteiger partial charge in [-0.05, 0) is 38.2 Å². The van der Waals surface area contributed by atoms with Gasteiger partial charge in [-0.25, -0.2) is 0 Å². The average Bonchev–Trinajstić information content (AvgIpc) is 2.95. The zero-order valence-electron chi connectivity index (χ0n) is 18.9. The van der Waals surface area contributed by atoms with Gasteiger partial charge < -0.3 is 14.6 Å². The second-order valence-electron chi connectivity index (χ2n) is 8.02. The molecule has 1 aliphatic rings. The maximum Gasteiger partial charge on any atom is 0.303 e. The van der Waals surface area contributed by atoms with Crippen LogP contribution in [0.25, 0.3) is 0 Å². The van der Waals surface area contributed by atoms with Gasteiger partial charge in [0.1, 0.15) is 18.0 Å². The van der Waals surface area contributed by atoms with Crippen LogP contribution in [0.15, 0.2) is 24.3 Å². The molecule has 7 heteroatoms. The number of carbonyl (C=O) groups is 4. The highest BCUT2D eigenvalue weighted by Gasteiger charge is 2.42. The first-order valence-electron chi connectivity index (χ1n) is 11.2. The van der Waals surface area contributed by atoms with Gasteiger partial charge in [-0.2, -0.15) is 0 Å². The second-order valence-corrected chi connectivity index (χ2v) is 8.02. The van der Waals surface area contributed by atoms with Crippen molar-refractivity contribution in [3.05, 3.63) is 24.3 Å². The first kappa shape index (κ1) is 26.6. The van der Waals surface area contributed by atoms with Gasteiger partial charge >= 0.3 is 17.9 Å². The van der Waals surface area contributed by atoms with Gasteiger partial charge in [0.2, 0.25) is 0 Å². The predicted octanol–water partition coefficient (Wildman–Crippen LogP) is 4.39. The summed E-state index contributed by atoms with van der Waals surface area (Å²) in [4.78, 5) is 46.1. The smallest absolute Gasteiger partial charge is 0.303 e. The van der Waals surface area contributed by atoms with E-state index in [4.69, 9.17) is 14.6 Å². The van der Waals surface area contributed by atoms with E-state index in [0.717, 1.165) is 19.3 Å². The lowest BCUT2D eigenvalue weighted by molar-refractivity contribution is -0.147. The van der Waals surface area contributed by atoms with Crippen molar-refractivity contribution in [1.82, 2.24) is 0 Å². The van der Waals surface area contributed by atoms with Crippen LogP contribution in [-0.4, -0.2) is 41.0 Å². The van der Waals surface area contributed by atoms with Crippen LogP contribution in [0.1, 0.15) is 78.6 Å². The maximum atomic E-state index is 12.6. The van der Waals surface area contributed by atoms with Crippen LogP contribution in [0.2, 0.25) is 0 Å². The van der Waals surface area contributed by atoms with E-state index in [2.05, 4.69) is 6.92 Å². The fraction of sp³-hybridized carbons (Fsp3) is 0.667. The number of unbranched alkanes of at least 4 members (excludes halogenated alkanes) is 3. The summed E-state index contributed by atoms with van der Waals surface area (Å²) in [5.74, 6) is -2.19. The summed E-state index contributed by atoms with van der Waals surface area (Å²) in [5.41, 5.74) is 0. The number of esters is 2. The number of ether oxygens (including phenoxy) is 2. The van der Waals surface area contributed by atoms with E-state index in [-0.39, 0.29) is 42.5 Å². The summed E-state index contributed by atoms with van der Waals surface area (Å²) in [7, 11) is 0. The van der Waals surface area contributed by atoms with Crippen LogP contribution in [0.3, 0.4) is 0 Å². The molecule has 1 N–H and O–H groups in total. The molecule has 1 saturated carbocycles. The fourth-order valence-corrected chi connectivity index (χ4v) is 3.83. The lowest BCUT2D eigenvalue weighted by atomic mass is 9.90. The van der Waals surface area contributed by atoms with E-state index in [1.807, 2.05) is 24.3 Å². The van der Waals surface area contributed by atoms with E-state index in [1.54, 1.807) is 0 Å². The first-order valence-corrected chi connectivity index (χ1v) is 11.2. The molecule has 0 radical (unpaired) electrons. The summed E-state index contributed by atoms with van der Waals surface area (Å²) < 4.78 is 10.8. The lowest BCUT2D eigenvalue weighted by Gasteiger charge is -2.21. The third kappa shape index (κ3) is 10.9. The number of hydrogen-bond donors (Lipinski definition) is 1. The molecule has 174 valence electrons. The molecule has 0 aliphatic heterocycles. The summed E-state index contributed by atoms with van der Waals surface area (Å²) in [6.45, 7) is 4.80. The number of allylic oxidation sites excluding steroid dienone is 2. The Labute approximate surface area is 184 Å². The Kier molecular flexibility index (Phi) is 12.5. The summed E-state index contributed by atoms with van der Waals surface area (Å²) >= 11 is 0. The molecule has 4 atom stereocenters. The molecule has 0 amide bonds. The third-order valence-corrected chi connectivity index (χ3v) is 5.30. The highest BCUT2D eigenvalue weighted by molar-refractivity contribution is 5.85. The number of ketones is 1. The zero-order valence-corrected chi connectivity index (χ0v) is 18.9. The number of carboxylic acid groups (broad SMARTS) is 1. The SMILES string of the molecule is CCCCC[C@@H](/C=C/[C@H]1[C@H](OC(C)=O)CC(=O)[C@@H]1C/C=C\CCCC(=O)O)OC(C)=O. The Morgan fingerprint density at radius 2 is 1.87 bits per heavy atom. The molecule has 1 rings (SSSR count). The number of carbonyl (C=O) groups excluding carboxylic acids is 3. The standard InChI is InChI=1S/C24H36O7/c1-4-5-8-11-19(30-17(2)25)14-15-21-20(12-9-6-7-10-13-24(28)29)22(27)16-23(21)31-18(3)26/h6,9,14-15,19-21,23H,4-5,7-8,10-13,16H2,1-3H3,(H,28,29)/b9-6-,15-14+/t19-,20+,21+,23+/m0/s1. The molecule has 0 aromatic carbocycles. The van der Waals surface area contributed by atoms with E-state index in [1.165, 1.54) is 13.8 Å². The molecular weight excluding hydrogens is 400 g/mol. The molecule has 0 unspecified atom stereocenters. The van der Waals surface area contributed by atoms with E-state index in [0.29, 0.717) is 25.7 Å². The molecule has 0 heterocycles. The lowest BCUT2D eigenvalue weighted by Crippen LogP contribution is -2.24. The topological polar surface area (TPSA) is 107 Å². The van der Waals surface area contributed by atoms with Crippen LogP contribution in [0.4, 0.5) is 0 Å². The minimum atomic E-state index is -0.824. The Morgan fingerprint density at radius 1 is 1.13 bits per heavy atom. The Balaban J connectivity index is 2.86. The van der Waals surface area contributed by atoms with Crippen LogP contribution < -0.4 is 0 Å². The minimum Gasteiger partial charge on any atom is -0.481 e. The predicted molar refractivity (Wildman–Crippen MR) is 116 cm³/mol. The van der Waals surface area contributed by atoms with E-state index in [9.17, 15) is 19.2 Å². The van der Waals surface area contributed by atoms with Gasteiger partial charge in [0.05, 0.1) is 0 Å². The number of carboxylic acids is 1. The van der Waals surface area contributed by atoms with Crippen molar-refractivity contribution in [3.8, 4) is 0 Å². The largest absolute Gasteiger partial charge is 0.481 e. The van der Waals surface area contributed by atoms with E-state index >= 15 is 0 Å². The van der Waals surface area contributed by atoms with Gasteiger partial charge in [-0.3, -0.25) is 19.2 Å². The zero-order chi connectivity index (χ0) is 23.2. The van der Waals surface area contributed by atoms with Crippen molar-refractivity contribution in [2.45, 2.75) is 90.8 Å². The van der Waals surface area contributed by atoms with E-state index < -0.39 is 18.0 Å².